The number of methoxy groups -OCH3 is 2. The Morgan fingerprint density at radius 3 is 2.42 bits per heavy atom. The van der Waals surface area contributed by atoms with Crippen molar-refractivity contribution in [3.63, 3.8) is 0 Å². The number of nitrogens with two attached hydrogens (primary N) is 1. The molecule has 0 saturated carbocycles. The number of amides is 1. The summed E-state index contributed by atoms with van der Waals surface area (Å²) in [7, 11) is 3.07. The standard InChI is InChI=1S/C14H22N2O3/c1-9(15)14(2,3)16-13(17)11-8-10(18-4)6-7-12(11)19-5/h6-9H,15H2,1-5H3,(H,16,17). The van der Waals surface area contributed by atoms with Crippen molar-refractivity contribution in [2.75, 3.05) is 14.2 Å². The Kier molecular flexibility index (Phi) is 4.78. The first-order valence-electron chi connectivity index (χ1n) is 6.12. The minimum atomic E-state index is -0.509. The van der Waals surface area contributed by atoms with E-state index in [0.29, 0.717) is 17.1 Å². The van der Waals surface area contributed by atoms with Gasteiger partial charge in [0, 0.05) is 11.6 Å². The Morgan fingerprint density at radius 1 is 1.32 bits per heavy atom. The SMILES string of the molecule is COc1ccc(OC)c(C(=O)NC(C)(C)C(C)N)c1. The average molecular weight is 266 g/mol. The number of benzene rings is 1. The summed E-state index contributed by atoms with van der Waals surface area (Å²) in [5, 5.41) is 2.90. The highest BCUT2D eigenvalue weighted by Gasteiger charge is 2.26. The predicted molar refractivity (Wildman–Crippen MR) is 74.7 cm³/mol. The van der Waals surface area contributed by atoms with E-state index in [0.717, 1.165) is 0 Å². The molecule has 1 unspecified atom stereocenters. The van der Waals surface area contributed by atoms with Crippen LogP contribution in [0.4, 0.5) is 0 Å². The van der Waals surface area contributed by atoms with Crippen LogP contribution in [0.5, 0.6) is 11.5 Å². The highest BCUT2D eigenvalue weighted by molar-refractivity contribution is 5.97. The second-order valence-electron chi connectivity index (χ2n) is 5.03. The van der Waals surface area contributed by atoms with Gasteiger partial charge in [-0.25, -0.2) is 0 Å². The molecule has 5 heteroatoms. The fourth-order valence-electron chi connectivity index (χ4n) is 1.47. The van der Waals surface area contributed by atoms with Crippen molar-refractivity contribution in [3.05, 3.63) is 23.8 Å². The van der Waals surface area contributed by atoms with Crippen molar-refractivity contribution in [3.8, 4) is 11.5 Å². The molecule has 106 valence electrons. The first kappa shape index (κ1) is 15.3. The smallest absolute Gasteiger partial charge is 0.255 e. The van der Waals surface area contributed by atoms with Gasteiger partial charge in [-0.3, -0.25) is 4.79 Å². The lowest BCUT2D eigenvalue weighted by molar-refractivity contribution is 0.0900. The van der Waals surface area contributed by atoms with Crippen LogP contribution in [0.2, 0.25) is 0 Å². The average Bonchev–Trinajstić information content (AvgIpc) is 2.37. The molecule has 0 aliphatic rings. The molecular formula is C14H22N2O3. The lowest BCUT2D eigenvalue weighted by atomic mass is 9.96. The number of carbonyl (C=O) groups excluding carboxylic acids is 1. The molecule has 0 aromatic heterocycles. The Morgan fingerprint density at radius 2 is 1.95 bits per heavy atom. The van der Waals surface area contributed by atoms with Crippen molar-refractivity contribution >= 4 is 5.91 Å². The molecule has 0 bridgehead atoms. The highest BCUT2D eigenvalue weighted by Crippen LogP contribution is 2.24. The minimum Gasteiger partial charge on any atom is -0.497 e. The maximum Gasteiger partial charge on any atom is 0.255 e. The molecule has 5 nitrogen and oxygen atoms in total. The third kappa shape index (κ3) is 3.61. The molecule has 1 aromatic carbocycles. The zero-order valence-corrected chi connectivity index (χ0v) is 12.1. The molecule has 0 aliphatic heterocycles. The van der Waals surface area contributed by atoms with Gasteiger partial charge in [-0.15, -0.1) is 0 Å². The number of hydrogen-bond donors (Lipinski definition) is 2. The van der Waals surface area contributed by atoms with Crippen molar-refractivity contribution < 1.29 is 14.3 Å². The predicted octanol–water partition coefficient (Wildman–Crippen LogP) is 1.56. The quantitative estimate of drug-likeness (QED) is 0.848. The zero-order chi connectivity index (χ0) is 14.6. The summed E-state index contributed by atoms with van der Waals surface area (Å²) in [6.45, 7) is 5.60. The molecule has 0 fully saturated rings. The molecular weight excluding hydrogens is 244 g/mol. The van der Waals surface area contributed by atoms with E-state index in [4.69, 9.17) is 15.2 Å². The Bertz CT molecular complexity index is 456. The van der Waals surface area contributed by atoms with Gasteiger partial charge in [-0.2, -0.15) is 0 Å². The van der Waals surface area contributed by atoms with E-state index in [1.807, 2.05) is 20.8 Å². The number of hydrogen-bond acceptors (Lipinski definition) is 4. The molecule has 0 radical (unpaired) electrons. The van der Waals surface area contributed by atoms with E-state index < -0.39 is 5.54 Å². The van der Waals surface area contributed by atoms with Gasteiger partial charge < -0.3 is 20.5 Å². The van der Waals surface area contributed by atoms with E-state index >= 15 is 0 Å². The molecule has 3 N–H and O–H groups in total. The summed E-state index contributed by atoms with van der Waals surface area (Å²) >= 11 is 0. The van der Waals surface area contributed by atoms with Gasteiger partial charge in [0.2, 0.25) is 0 Å². The van der Waals surface area contributed by atoms with Crippen LogP contribution in [0.15, 0.2) is 18.2 Å². The van der Waals surface area contributed by atoms with Crippen molar-refractivity contribution in [1.29, 1.82) is 0 Å². The highest BCUT2D eigenvalue weighted by atomic mass is 16.5. The van der Waals surface area contributed by atoms with E-state index in [1.54, 1.807) is 25.3 Å². The van der Waals surface area contributed by atoms with Crippen LogP contribution >= 0.6 is 0 Å². The van der Waals surface area contributed by atoms with Gasteiger partial charge in [0.1, 0.15) is 11.5 Å². The second kappa shape index (κ2) is 5.93. The fourth-order valence-corrected chi connectivity index (χ4v) is 1.47. The summed E-state index contributed by atoms with van der Waals surface area (Å²) < 4.78 is 10.3. The topological polar surface area (TPSA) is 73.6 Å². The summed E-state index contributed by atoms with van der Waals surface area (Å²) in [5.74, 6) is 0.862. The molecule has 0 aliphatic carbocycles. The van der Waals surface area contributed by atoms with Gasteiger partial charge >= 0.3 is 0 Å². The van der Waals surface area contributed by atoms with Crippen LogP contribution in [-0.4, -0.2) is 31.7 Å². The van der Waals surface area contributed by atoms with Gasteiger partial charge in [0.25, 0.3) is 5.91 Å². The van der Waals surface area contributed by atoms with Crippen LogP contribution in [0.25, 0.3) is 0 Å². The normalized spacial score (nSPS) is 12.7. The first-order chi connectivity index (χ1) is 8.81. The summed E-state index contributed by atoms with van der Waals surface area (Å²) in [6, 6.07) is 4.91. The van der Waals surface area contributed by atoms with Crippen LogP contribution in [0, 0.1) is 0 Å². The number of rotatable bonds is 5. The summed E-state index contributed by atoms with van der Waals surface area (Å²) in [6.07, 6.45) is 0. The number of ether oxygens (including phenoxy) is 2. The maximum atomic E-state index is 12.3. The number of carbonyl (C=O) groups is 1. The minimum absolute atomic E-state index is 0.173. The third-order valence-electron chi connectivity index (χ3n) is 3.23. The molecule has 0 spiro atoms. The van der Waals surface area contributed by atoms with Crippen LogP contribution in [0.1, 0.15) is 31.1 Å². The van der Waals surface area contributed by atoms with Gasteiger partial charge in [0.15, 0.2) is 0 Å². The summed E-state index contributed by atoms with van der Waals surface area (Å²) in [4.78, 5) is 12.3. The van der Waals surface area contributed by atoms with Gasteiger partial charge in [0.05, 0.1) is 19.8 Å². The van der Waals surface area contributed by atoms with E-state index in [-0.39, 0.29) is 11.9 Å². The van der Waals surface area contributed by atoms with E-state index in [9.17, 15) is 4.79 Å². The third-order valence-corrected chi connectivity index (χ3v) is 3.23. The van der Waals surface area contributed by atoms with E-state index in [1.165, 1.54) is 7.11 Å². The Hall–Kier alpha value is -1.75. The molecule has 1 amide bonds. The van der Waals surface area contributed by atoms with Gasteiger partial charge in [-0.05, 0) is 39.0 Å². The lowest BCUT2D eigenvalue weighted by Gasteiger charge is -2.30. The molecule has 1 atom stereocenters. The van der Waals surface area contributed by atoms with E-state index in [2.05, 4.69) is 5.32 Å². The summed E-state index contributed by atoms with van der Waals surface area (Å²) in [5.41, 5.74) is 5.77. The zero-order valence-electron chi connectivity index (χ0n) is 12.1. The van der Waals surface area contributed by atoms with Gasteiger partial charge in [-0.1, -0.05) is 0 Å². The first-order valence-corrected chi connectivity index (χ1v) is 6.12. The van der Waals surface area contributed by atoms with Crippen molar-refractivity contribution in [2.45, 2.75) is 32.4 Å². The van der Waals surface area contributed by atoms with Crippen LogP contribution in [0.3, 0.4) is 0 Å². The van der Waals surface area contributed by atoms with Crippen molar-refractivity contribution in [1.82, 2.24) is 5.32 Å². The Balaban J connectivity index is 3.04. The Labute approximate surface area is 114 Å². The number of nitrogens with one attached hydrogen (secondary N) is 1. The van der Waals surface area contributed by atoms with Crippen LogP contribution < -0.4 is 20.5 Å². The molecule has 1 aromatic rings. The lowest BCUT2D eigenvalue weighted by Crippen LogP contribution is -2.54. The maximum absolute atomic E-state index is 12.3. The largest absolute Gasteiger partial charge is 0.497 e. The molecule has 0 heterocycles. The monoisotopic (exact) mass is 266 g/mol. The molecule has 0 saturated heterocycles. The second-order valence-corrected chi connectivity index (χ2v) is 5.03. The fraction of sp³-hybridized carbons (Fsp3) is 0.500. The molecule has 19 heavy (non-hydrogen) atoms. The van der Waals surface area contributed by atoms with Crippen molar-refractivity contribution in [2.24, 2.45) is 5.73 Å². The van der Waals surface area contributed by atoms with Crippen LogP contribution in [-0.2, 0) is 0 Å². The molecule has 1 rings (SSSR count).